The summed E-state index contributed by atoms with van der Waals surface area (Å²) in [5, 5.41) is 8.37. The maximum atomic E-state index is 13.1. The number of hydrogen-bond donors (Lipinski definition) is 0. The minimum absolute atomic E-state index is 0.0263. The Bertz CT molecular complexity index is 1200. The third-order valence-electron chi connectivity index (χ3n) is 6.27. The molecule has 3 aromatic heterocycles. The lowest BCUT2D eigenvalue weighted by molar-refractivity contribution is 0.242. The van der Waals surface area contributed by atoms with E-state index in [1.165, 1.54) is 8.99 Å². The highest BCUT2D eigenvalue weighted by molar-refractivity contribution is 7.89. The third kappa shape index (κ3) is 3.05. The number of sulfonamides is 1. The van der Waals surface area contributed by atoms with Gasteiger partial charge in [0.1, 0.15) is 10.0 Å². The number of pyridine rings is 1. The van der Waals surface area contributed by atoms with Crippen LogP contribution in [0.3, 0.4) is 0 Å². The van der Waals surface area contributed by atoms with Crippen LogP contribution in [0.4, 0.5) is 0 Å². The van der Waals surface area contributed by atoms with Gasteiger partial charge in [-0.3, -0.25) is 9.67 Å². The van der Waals surface area contributed by atoms with Crippen molar-refractivity contribution in [2.45, 2.75) is 37.0 Å². The van der Waals surface area contributed by atoms with Crippen molar-refractivity contribution >= 4 is 21.6 Å². The van der Waals surface area contributed by atoms with Crippen LogP contribution in [0.5, 0.6) is 0 Å². The summed E-state index contributed by atoms with van der Waals surface area (Å²) in [6.45, 7) is 2.54. The van der Waals surface area contributed by atoms with Gasteiger partial charge in [0.2, 0.25) is 21.7 Å². The van der Waals surface area contributed by atoms with E-state index in [2.05, 4.69) is 20.2 Å². The van der Waals surface area contributed by atoms with Gasteiger partial charge in [0.05, 0.1) is 5.69 Å². The number of rotatable bonds is 4. The van der Waals surface area contributed by atoms with Crippen molar-refractivity contribution in [2.24, 2.45) is 12.5 Å². The second-order valence-electron chi connectivity index (χ2n) is 8.05. The van der Waals surface area contributed by atoms with Gasteiger partial charge < -0.3 is 4.52 Å². The van der Waals surface area contributed by atoms with Gasteiger partial charge in [-0.15, -0.1) is 0 Å². The predicted octanol–water partition coefficient (Wildman–Crippen LogP) is 2.79. The molecule has 1 unspecified atom stereocenters. The average molecular weight is 449 g/mol. The summed E-state index contributed by atoms with van der Waals surface area (Å²) >= 11 is 6.20. The Kier molecular flexibility index (Phi) is 4.49. The lowest BCUT2D eigenvalue weighted by atomic mass is 9.92. The van der Waals surface area contributed by atoms with E-state index in [1.807, 2.05) is 12.1 Å². The highest BCUT2D eigenvalue weighted by Crippen LogP contribution is 2.64. The standard InChI is InChI=1S/C19H21ClN6O3S/c1-12-15(16(20)25(2)23-12)30(27,28)26-8-5-19(6-9-26)10-14(19)18-22-17(24-29-18)13-4-3-7-21-11-13/h3-4,7,11,14H,5-6,8-10H2,1-2H3. The van der Waals surface area contributed by atoms with Gasteiger partial charge >= 0.3 is 0 Å². The van der Waals surface area contributed by atoms with E-state index in [0.717, 1.165) is 24.8 Å². The quantitative estimate of drug-likeness (QED) is 0.603. The third-order valence-corrected chi connectivity index (χ3v) is 8.86. The molecule has 4 heterocycles. The van der Waals surface area contributed by atoms with Crippen molar-refractivity contribution in [3.8, 4) is 11.4 Å². The number of nitrogens with zero attached hydrogens (tertiary/aromatic N) is 6. The molecule has 2 aliphatic rings. The average Bonchev–Trinajstić information content (AvgIpc) is 3.08. The zero-order valence-corrected chi connectivity index (χ0v) is 18.2. The molecule has 2 fully saturated rings. The van der Waals surface area contributed by atoms with Crippen LogP contribution in [0.25, 0.3) is 11.4 Å². The van der Waals surface area contributed by atoms with Gasteiger partial charge in [-0.25, -0.2) is 8.42 Å². The van der Waals surface area contributed by atoms with Gasteiger partial charge in [-0.2, -0.15) is 14.4 Å². The highest BCUT2D eigenvalue weighted by Gasteiger charge is 2.59. The molecule has 1 aliphatic carbocycles. The van der Waals surface area contributed by atoms with E-state index in [1.54, 1.807) is 26.4 Å². The molecule has 3 aromatic rings. The molecule has 9 nitrogen and oxygen atoms in total. The van der Waals surface area contributed by atoms with Crippen molar-refractivity contribution < 1.29 is 12.9 Å². The Labute approximate surface area is 179 Å². The number of aromatic nitrogens is 5. The second kappa shape index (κ2) is 6.86. The summed E-state index contributed by atoms with van der Waals surface area (Å²) in [6, 6.07) is 3.72. The molecule has 0 amide bonds. The van der Waals surface area contributed by atoms with Crippen LogP contribution in [0, 0.1) is 12.3 Å². The van der Waals surface area contributed by atoms with Gasteiger partial charge in [0.25, 0.3) is 0 Å². The van der Waals surface area contributed by atoms with E-state index in [9.17, 15) is 8.42 Å². The molecule has 0 radical (unpaired) electrons. The predicted molar refractivity (Wildman–Crippen MR) is 108 cm³/mol. The van der Waals surface area contributed by atoms with Crippen LogP contribution >= 0.6 is 11.6 Å². The summed E-state index contributed by atoms with van der Waals surface area (Å²) < 4.78 is 34.7. The van der Waals surface area contributed by atoms with E-state index in [4.69, 9.17) is 16.1 Å². The molecule has 0 aromatic carbocycles. The van der Waals surface area contributed by atoms with Gasteiger partial charge in [-0.1, -0.05) is 16.8 Å². The molecule has 0 bridgehead atoms. The summed E-state index contributed by atoms with van der Waals surface area (Å²) in [4.78, 5) is 8.74. The van der Waals surface area contributed by atoms with Crippen molar-refractivity contribution in [3.05, 3.63) is 41.3 Å². The first kappa shape index (κ1) is 19.7. The summed E-state index contributed by atoms with van der Waals surface area (Å²) in [7, 11) is -2.04. The summed E-state index contributed by atoms with van der Waals surface area (Å²) in [6.07, 6.45) is 5.83. The Hall–Kier alpha value is -2.30. The number of aryl methyl sites for hydroxylation is 2. The number of piperidine rings is 1. The number of halogens is 1. The van der Waals surface area contributed by atoms with Crippen molar-refractivity contribution in [3.63, 3.8) is 0 Å². The minimum Gasteiger partial charge on any atom is -0.339 e. The van der Waals surface area contributed by atoms with E-state index < -0.39 is 10.0 Å². The highest BCUT2D eigenvalue weighted by atomic mass is 35.5. The normalized spacial score (nSPS) is 21.2. The topological polar surface area (TPSA) is 107 Å². The van der Waals surface area contributed by atoms with Crippen LogP contribution in [0.15, 0.2) is 33.9 Å². The zero-order valence-electron chi connectivity index (χ0n) is 16.6. The molecule has 1 spiro atoms. The van der Waals surface area contributed by atoms with Crippen LogP contribution in [0.2, 0.25) is 5.15 Å². The second-order valence-corrected chi connectivity index (χ2v) is 10.3. The fraction of sp³-hybridized carbons (Fsp3) is 0.474. The molecule has 1 saturated heterocycles. The van der Waals surface area contributed by atoms with Gasteiger partial charge in [-0.05, 0) is 43.7 Å². The Morgan fingerprint density at radius 1 is 1.30 bits per heavy atom. The fourth-order valence-corrected chi connectivity index (χ4v) is 6.59. The van der Waals surface area contributed by atoms with E-state index in [-0.39, 0.29) is 21.4 Å². The number of hydrogen-bond acceptors (Lipinski definition) is 7. The first-order valence-corrected chi connectivity index (χ1v) is 11.6. The summed E-state index contributed by atoms with van der Waals surface area (Å²) in [5.41, 5.74) is 1.26. The van der Waals surface area contributed by atoms with Gasteiger partial charge in [0, 0.05) is 44.0 Å². The molecular formula is C19H21ClN6O3S. The molecule has 5 rings (SSSR count). The molecule has 1 atom stereocenters. The zero-order chi connectivity index (χ0) is 21.1. The molecule has 11 heteroatoms. The van der Waals surface area contributed by atoms with Crippen LogP contribution in [-0.2, 0) is 17.1 Å². The van der Waals surface area contributed by atoms with Crippen molar-refractivity contribution in [2.75, 3.05) is 13.1 Å². The van der Waals surface area contributed by atoms with Gasteiger partial charge in [0.15, 0.2) is 0 Å². The van der Waals surface area contributed by atoms with Crippen LogP contribution in [0.1, 0.15) is 36.8 Å². The largest absolute Gasteiger partial charge is 0.339 e. The van der Waals surface area contributed by atoms with Crippen LogP contribution in [-0.4, -0.2) is 50.7 Å². The monoisotopic (exact) mass is 448 g/mol. The van der Waals surface area contributed by atoms with Crippen LogP contribution < -0.4 is 0 Å². The Morgan fingerprint density at radius 2 is 2.07 bits per heavy atom. The minimum atomic E-state index is -3.68. The molecule has 30 heavy (non-hydrogen) atoms. The van der Waals surface area contributed by atoms with E-state index >= 15 is 0 Å². The first-order chi connectivity index (χ1) is 14.3. The van der Waals surface area contributed by atoms with E-state index in [0.29, 0.717) is 30.5 Å². The summed E-state index contributed by atoms with van der Waals surface area (Å²) in [5.74, 6) is 1.32. The van der Waals surface area contributed by atoms with Crippen molar-refractivity contribution in [1.29, 1.82) is 0 Å². The maximum absolute atomic E-state index is 13.1. The lowest BCUT2D eigenvalue weighted by Crippen LogP contribution is -2.39. The molecule has 0 N–H and O–H groups in total. The molecule has 1 aliphatic heterocycles. The maximum Gasteiger partial charge on any atom is 0.248 e. The Balaban J connectivity index is 1.30. The Morgan fingerprint density at radius 3 is 2.70 bits per heavy atom. The first-order valence-electron chi connectivity index (χ1n) is 9.75. The molecule has 158 valence electrons. The SMILES string of the molecule is Cc1nn(C)c(Cl)c1S(=O)(=O)N1CCC2(CC1)CC2c1nc(-c2cccnc2)no1. The smallest absolute Gasteiger partial charge is 0.248 e. The molecule has 1 saturated carbocycles. The lowest BCUT2D eigenvalue weighted by Gasteiger charge is -2.31. The van der Waals surface area contributed by atoms with Crippen molar-refractivity contribution in [1.82, 2.24) is 29.2 Å². The fourth-order valence-electron chi connectivity index (χ4n) is 4.44. The molecular weight excluding hydrogens is 428 g/mol.